The Morgan fingerprint density at radius 1 is 1.20 bits per heavy atom. The summed E-state index contributed by atoms with van der Waals surface area (Å²) in [4.78, 5) is 25.1. The van der Waals surface area contributed by atoms with Crippen LogP contribution in [-0.2, 0) is 9.53 Å². The highest BCUT2D eigenvalue weighted by Crippen LogP contribution is 2.27. The number of carbonyl (C=O) groups is 2. The quantitative estimate of drug-likeness (QED) is 0.688. The largest absolute Gasteiger partial charge is 0.483 e. The zero-order chi connectivity index (χ0) is 21.5. The smallest absolute Gasteiger partial charge is 0.262 e. The van der Waals surface area contributed by atoms with Gasteiger partial charge in [0, 0.05) is 13.2 Å². The molecule has 0 spiro atoms. The fourth-order valence-corrected chi connectivity index (χ4v) is 3.47. The molecule has 2 N–H and O–H groups in total. The molecule has 1 aliphatic rings. The van der Waals surface area contributed by atoms with Gasteiger partial charge in [0.05, 0.1) is 17.4 Å². The monoisotopic (exact) mass is 410 g/mol. The van der Waals surface area contributed by atoms with Gasteiger partial charge in [0.1, 0.15) is 5.75 Å². The van der Waals surface area contributed by atoms with Crippen LogP contribution in [0.25, 0.3) is 0 Å². The molecule has 2 amide bonds. The molecule has 160 valence electrons. The summed E-state index contributed by atoms with van der Waals surface area (Å²) in [6.07, 6.45) is 2.04. The lowest BCUT2D eigenvalue weighted by molar-refractivity contribution is -0.118. The molecule has 2 aromatic carbocycles. The second-order valence-corrected chi connectivity index (χ2v) is 7.92. The number of anilines is 1. The van der Waals surface area contributed by atoms with Gasteiger partial charge in [-0.15, -0.1) is 0 Å². The standard InChI is InChI=1S/C24H30N2O4/c1-16(2)19-11-10-17(3)13-22(19)30-15-23(27)26-21-9-5-4-8-20(21)24(28)25-14-18-7-6-12-29-18/h4-5,8-11,13,16,18H,6-7,12,14-15H2,1-3H3,(H,25,28)(H,26,27). The molecule has 3 rings (SSSR count). The highest BCUT2D eigenvalue weighted by molar-refractivity contribution is 6.04. The fraction of sp³-hybridized carbons (Fsp3) is 0.417. The first-order valence-electron chi connectivity index (χ1n) is 10.5. The van der Waals surface area contributed by atoms with E-state index in [-0.39, 0.29) is 30.4 Å². The van der Waals surface area contributed by atoms with Gasteiger partial charge in [-0.3, -0.25) is 9.59 Å². The first-order chi connectivity index (χ1) is 14.4. The molecule has 0 aromatic heterocycles. The second kappa shape index (κ2) is 10.3. The Bertz CT molecular complexity index is 889. The van der Waals surface area contributed by atoms with E-state index in [0.29, 0.717) is 23.5 Å². The predicted molar refractivity (Wildman–Crippen MR) is 117 cm³/mol. The van der Waals surface area contributed by atoms with Crippen LogP contribution in [0.3, 0.4) is 0 Å². The SMILES string of the molecule is Cc1ccc(C(C)C)c(OCC(=O)Nc2ccccc2C(=O)NCC2CCCO2)c1. The van der Waals surface area contributed by atoms with Crippen molar-refractivity contribution in [3.05, 3.63) is 59.2 Å². The third kappa shape index (κ3) is 5.83. The number of amides is 2. The third-order valence-electron chi connectivity index (χ3n) is 5.11. The van der Waals surface area contributed by atoms with Crippen molar-refractivity contribution in [2.75, 3.05) is 25.1 Å². The zero-order valence-electron chi connectivity index (χ0n) is 17.9. The predicted octanol–water partition coefficient (Wildman–Crippen LogP) is 4.04. The molecule has 1 atom stereocenters. The maximum Gasteiger partial charge on any atom is 0.262 e. The molecule has 1 heterocycles. The van der Waals surface area contributed by atoms with Gasteiger partial charge >= 0.3 is 0 Å². The number of hydrogen-bond donors (Lipinski definition) is 2. The number of ether oxygens (including phenoxy) is 2. The summed E-state index contributed by atoms with van der Waals surface area (Å²) in [6.45, 7) is 7.24. The van der Waals surface area contributed by atoms with Gasteiger partial charge in [-0.25, -0.2) is 0 Å². The molecule has 0 aliphatic carbocycles. The van der Waals surface area contributed by atoms with Crippen molar-refractivity contribution in [1.82, 2.24) is 5.32 Å². The highest BCUT2D eigenvalue weighted by Gasteiger charge is 2.19. The van der Waals surface area contributed by atoms with Gasteiger partial charge in [0.15, 0.2) is 6.61 Å². The van der Waals surface area contributed by atoms with Gasteiger partial charge in [-0.2, -0.15) is 0 Å². The van der Waals surface area contributed by atoms with E-state index in [1.165, 1.54) is 0 Å². The first-order valence-corrected chi connectivity index (χ1v) is 10.5. The minimum atomic E-state index is -0.314. The first kappa shape index (κ1) is 21.8. The van der Waals surface area contributed by atoms with E-state index in [9.17, 15) is 9.59 Å². The topological polar surface area (TPSA) is 76.7 Å². The van der Waals surface area contributed by atoms with Crippen LogP contribution >= 0.6 is 0 Å². The van der Waals surface area contributed by atoms with Gasteiger partial charge < -0.3 is 20.1 Å². The molecule has 6 nitrogen and oxygen atoms in total. The van der Waals surface area contributed by atoms with E-state index in [1.54, 1.807) is 24.3 Å². The molecule has 2 aromatic rings. The maximum atomic E-state index is 12.6. The van der Waals surface area contributed by atoms with Crippen molar-refractivity contribution in [3.63, 3.8) is 0 Å². The minimum absolute atomic E-state index is 0.0635. The molecule has 0 bridgehead atoms. The average Bonchev–Trinajstić information content (AvgIpc) is 3.24. The summed E-state index contributed by atoms with van der Waals surface area (Å²) in [7, 11) is 0. The second-order valence-electron chi connectivity index (χ2n) is 7.92. The summed E-state index contributed by atoms with van der Waals surface area (Å²) >= 11 is 0. The Labute approximate surface area is 178 Å². The van der Waals surface area contributed by atoms with Crippen molar-refractivity contribution in [3.8, 4) is 5.75 Å². The molecule has 1 unspecified atom stereocenters. The summed E-state index contributed by atoms with van der Waals surface area (Å²) in [6, 6.07) is 13.0. The van der Waals surface area contributed by atoms with Crippen LogP contribution in [0.1, 0.15) is 54.1 Å². The molecule has 0 radical (unpaired) electrons. The van der Waals surface area contributed by atoms with Crippen LogP contribution in [-0.4, -0.2) is 37.7 Å². The zero-order valence-corrected chi connectivity index (χ0v) is 17.9. The Balaban J connectivity index is 1.60. The number of benzene rings is 2. The normalized spacial score (nSPS) is 15.8. The van der Waals surface area contributed by atoms with E-state index in [1.807, 2.05) is 25.1 Å². The third-order valence-corrected chi connectivity index (χ3v) is 5.11. The Morgan fingerprint density at radius 3 is 2.73 bits per heavy atom. The van der Waals surface area contributed by atoms with Crippen LogP contribution in [0.2, 0.25) is 0 Å². The van der Waals surface area contributed by atoms with Gasteiger partial charge in [-0.1, -0.05) is 38.1 Å². The van der Waals surface area contributed by atoms with E-state index in [2.05, 4.69) is 24.5 Å². The van der Waals surface area contributed by atoms with Gasteiger partial charge in [-0.05, 0) is 55.0 Å². The van der Waals surface area contributed by atoms with Crippen molar-refractivity contribution in [2.24, 2.45) is 0 Å². The van der Waals surface area contributed by atoms with Crippen LogP contribution in [0.5, 0.6) is 5.75 Å². The minimum Gasteiger partial charge on any atom is -0.483 e. The molecule has 1 fully saturated rings. The Hall–Kier alpha value is -2.86. The number of rotatable bonds is 8. The molecule has 30 heavy (non-hydrogen) atoms. The lowest BCUT2D eigenvalue weighted by Crippen LogP contribution is -2.32. The van der Waals surface area contributed by atoms with Crippen LogP contribution in [0, 0.1) is 6.92 Å². The van der Waals surface area contributed by atoms with Crippen molar-refractivity contribution in [2.45, 2.75) is 45.6 Å². The van der Waals surface area contributed by atoms with E-state index >= 15 is 0 Å². The van der Waals surface area contributed by atoms with Gasteiger partial charge in [0.2, 0.25) is 0 Å². The van der Waals surface area contributed by atoms with Crippen molar-refractivity contribution in [1.29, 1.82) is 0 Å². The van der Waals surface area contributed by atoms with Crippen LogP contribution in [0.4, 0.5) is 5.69 Å². The number of aryl methyl sites for hydroxylation is 1. The van der Waals surface area contributed by atoms with E-state index < -0.39 is 0 Å². The summed E-state index contributed by atoms with van der Waals surface area (Å²) in [5, 5.41) is 5.69. The summed E-state index contributed by atoms with van der Waals surface area (Å²) in [5.74, 6) is 0.452. The Morgan fingerprint density at radius 2 is 2.00 bits per heavy atom. The summed E-state index contributed by atoms with van der Waals surface area (Å²) < 4.78 is 11.3. The number of nitrogens with one attached hydrogen (secondary N) is 2. The maximum absolute atomic E-state index is 12.6. The Kier molecular flexibility index (Phi) is 7.46. The van der Waals surface area contributed by atoms with Crippen LogP contribution in [0.15, 0.2) is 42.5 Å². The fourth-order valence-electron chi connectivity index (χ4n) is 3.47. The number of carbonyl (C=O) groups excluding carboxylic acids is 2. The van der Waals surface area contributed by atoms with E-state index in [4.69, 9.17) is 9.47 Å². The van der Waals surface area contributed by atoms with Crippen LogP contribution < -0.4 is 15.4 Å². The van der Waals surface area contributed by atoms with Crippen molar-refractivity contribution >= 4 is 17.5 Å². The van der Waals surface area contributed by atoms with Gasteiger partial charge in [0.25, 0.3) is 11.8 Å². The molecular formula is C24H30N2O4. The number of hydrogen-bond acceptors (Lipinski definition) is 4. The number of para-hydroxylation sites is 1. The highest BCUT2D eigenvalue weighted by atomic mass is 16.5. The van der Waals surface area contributed by atoms with E-state index in [0.717, 1.165) is 30.6 Å². The lowest BCUT2D eigenvalue weighted by atomic mass is 10.0. The summed E-state index contributed by atoms with van der Waals surface area (Å²) in [5.41, 5.74) is 3.01. The lowest BCUT2D eigenvalue weighted by Gasteiger charge is -2.16. The average molecular weight is 411 g/mol. The molecular weight excluding hydrogens is 380 g/mol. The molecule has 0 saturated carbocycles. The molecule has 1 saturated heterocycles. The molecule has 6 heteroatoms. The molecule has 1 aliphatic heterocycles. The van der Waals surface area contributed by atoms with Crippen molar-refractivity contribution < 1.29 is 19.1 Å².